The second kappa shape index (κ2) is 9.93. The number of amides is 1. The quantitative estimate of drug-likeness (QED) is 0.603. The Morgan fingerprint density at radius 2 is 1.81 bits per heavy atom. The Morgan fingerprint density at radius 1 is 1.15 bits per heavy atom. The van der Waals surface area contributed by atoms with E-state index >= 15 is 0 Å². The molecule has 138 valence electrons. The van der Waals surface area contributed by atoms with E-state index in [2.05, 4.69) is 12.2 Å². The molecule has 1 amide bonds. The fourth-order valence-electron chi connectivity index (χ4n) is 2.43. The summed E-state index contributed by atoms with van der Waals surface area (Å²) in [5.41, 5.74) is 3.54. The van der Waals surface area contributed by atoms with Crippen molar-refractivity contribution < 1.29 is 14.3 Å². The van der Waals surface area contributed by atoms with Crippen LogP contribution in [-0.2, 0) is 20.7 Å². The van der Waals surface area contributed by atoms with E-state index < -0.39 is 5.97 Å². The number of esters is 1. The zero-order chi connectivity index (χ0) is 19.6. The van der Waals surface area contributed by atoms with Crippen molar-refractivity contribution in [3.8, 4) is 6.07 Å². The van der Waals surface area contributed by atoms with Crippen LogP contribution in [0.1, 0.15) is 42.1 Å². The van der Waals surface area contributed by atoms with Gasteiger partial charge in [0.2, 0.25) is 0 Å². The van der Waals surface area contributed by atoms with Gasteiger partial charge in [-0.3, -0.25) is 4.79 Å². The van der Waals surface area contributed by atoms with Gasteiger partial charge in [0.05, 0.1) is 17.7 Å². The van der Waals surface area contributed by atoms with Crippen molar-refractivity contribution in [3.05, 3.63) is 76.9 Å². The van der Waals surface area contributed by atoms with E-state index in [1.807, 2.05) is 37.3 Å². The molecule has 5 nitrogen and oxygen atoms in total. The summed E-state index contributed by atoms with van der Waals surface area (Å²) in [6, 6.07) is 16.7. The van der Waals surface area contributed by atoms with Gasteiger partial charge < -0.3 is 10.1 Å². The first kappa shape index (κ1) is 19.9. The lowest BCUT2D eigenvalue weighted by Crippen LogP contribution is -2.30. The molecule has 0 saturated carbocycles. The first-order valence-corrected chi connectivity index (χ1v) is 8.75. The zero-order valence-corrected chi connectivity index (χ0v) is 15.4. The average Bonchev–Trinajstić information content (AvgIpc) is 2.71. The maximum Gasteiger partial charge on any atom is 0.331 e. The van der Waals surface area contributed by atoms with E-state index in [4.69, 9.17) is 10.00 Å². The smallest absolute Gasteiger partial charge is 0.331 e. The third-order valence-electron chi connectivity index (χ3n) is 4.06. The highest BCUT2D eigenvalue weighted by molar-refractivity contribution is 5.89. The molecule has 0 spiro atoms. The zero-order valence-electron chi connectivity index (χ0n) is 15.4. The van der Waals surface area contributed by atoms with Gasteiger partial charge in [-0.15, -0.1) is 0 Å². The van der Waals surface area contributed by atoms with Crippen molar-refractivity contribution in [1.29, 1.82) is 5.26 Å². The number of hydrogen-bond acceptors (Lipinski definition) is 4. The van der Waals surface area contributed by atoms with Crippen LogP contribution >= 0.6 is 0 Å². The standard InChI is InChI=1S/C22H22N2O3/c1-3-17-8-11-20(12-9-17)16(2)24-21(25)15-27-22(26)13-10-18-4-6-19(14-23)7-5-18/h4-13,16H,3,15H2,1-2H3,(H,24,25)/b13-10+/t16-/m0/s1. The molecule has 0 aliphatic heterocycles. The van der Waals surface area contributed by atoms with Crippen LogP contribution in [0, 0.1) is 11.3 Å². The monoisotopic (exact) mass is 362 g/mol. The van der Waals surface area contributed by atoms with Gasteiger partial charge in [0, 0.05) is 6.08 Å². The van der Waals surface area contributed by atoms with Gasteiger partial charge in [-0.1, -0.05) is 43.3 Å². The number of benzene rings is 2. The highest BCUT2D eigenvalue weighted by Gasteiger charge is 2.11. The molecule has 0 unspecified atom stereocenters. The fraction of sp³-hybridized carbons (Fsp3) is 0.227. The first-order chi connectivity index (χ1) is 13.0. The molecule has 0 bridgehead atoms. The third-order valence-corrected chi connectivity index (χ3v) is 4.06. The van der Waals surface area contributed by atoms with Gasteiger partial charge in [-0.05, 0) is 48.2 Å². The molecule has 2 rings (SSSR count). The summed E-state index contributed by atoms with van der Waals surface area (Å²) in [6.07, 6.45) is 3.79. The van der Waals surface area contributed by atoms with Crippen molar-refractivity contribution in [2.24, 2.45) is 0 Å². The summed E-state index contributed by atoms with van der Waals surface area (Å²) in [5.74, 6) is -0.961. The topological polar surface area (TPSA) is 79.2 Å². The largest absolute Gasteiger partial charge is 0.452 e. The second-order valence-electron chi connectivity index (χ2n) is 6.06. The van der Waals surface area contributed by atoms with Crippen molar-refractivity contribution >= 4 is 18.0 Å². The minimum absolute atomic E-state index is 0.170. The van der Waals surface area contributed by atoms with Crippen LogP contribution in [0.4, 0.5) is 0 Å². The number of nitriles is 1. The number of nitrogens with one attached hydrogen (secondary N) is 1. The van der Waals surface area contributed by atoms with Gasteiger partial charge in [0.15, 0.2) is 6.61 Å². The predicted molar refractivity (Wildman–Crippen MR) is 104 cm³/mol. The van der Waals surface area contributed by atoms with Crippen LogP contribution in [0.2, 0.25) is 0 Å². The van der Waals surface area contributed by atoms with Crippen molar-refractivity contribution in [2.75, 3.05) is 6.61 Å². The molecule has 27 heavy (non-hydrogen) atoms. The van der Waals surface area contributed by atoms with Gasteiger partial charge in [-0.25, -0.2) is 4.79 Å². The Morgan fingerprint density at radius 3 is 2.41 bits per heavy atom. The van der Waals surface area contributed by atoms with Gasteiger partial charge in [0.25, 0.3) is 5.91 Å². The Hall–Kier alpha value is -3.39. The molecule has 0 saturated heterocycles. The van der Waals surface area contributed by atoms with Gasteiger partial charge >= 0.3 is 5.97 Å². The summed E-state index contributed by atoms with van der Waals surface area (Å²) in [6.45, 7) is 3.63. The molecular weight excluding hydrogens is 340 g/mol. The number of carbonyl (C=O) groups is 2. The number of hydrogen-bond donors (Lipinski definition) is 1. The molecule has 0 heterocycles. The molecule has 0 aliphatic rings. The fourth-order valence-corrected chi connectivity index (χ4v) is 2.43. The molecule has 1 N–H and O–H groups in total. The summed E-state index contributed by atoms with van der Waals surface area (Å²) in [4.78, 5) is 23.7. The van der Waals surface area contributed by atoms with Crippen LogP contribution in [0.5, 0.6) is 0 Å². The van der Waals surface area contributed by atoms with Crippen LogP contribution in [0.25, 0.3) is 6.08 Å². The van der Waals surface area contributed by atoms with E-state index in [1.165, 1.54) is 11.6 Å². The van der Waals surface area contributed by atoms with Crippen LogP contribution < -0.4 is 5.32 Å². The van der Waals surface area contributed by atoms with E-state index in [1.54, 1.807) is 30.3 Å². The van der Waals surface area contributed by atoms with Gasteiger partial charge in [-0.2, -0.15) is 5.26 Å². The second-order valence-corrected chi connectivity index (χ2v) is 6.06. The molecule has 0 fully saturated rings. The lowest BCUT2D eigenvalue weighted by atomic mass is 10.1. The Kier molecular flexibility index (Phi) is 7.33. The first-order valence-electron chi connectivity index (χ1n) is 8.75. The number of carbonyl (C=O) groups excluding carboxylic acids is 2. The summed E-state index contributed by atoms with van der Waals surface area (Å²) >= 11 is 0. The van der Waals surface area contributed by atoms with Gasteiger partial charge in [0.1, 0.15) is 0 Å². The summed E-state index contributed by atoms with van der Waals surface area (Å²) in [5, 5.41) is 11.6. The number of nitrogens with zero attached hydrogens (tertiary/aromatic N) is 1. The van der Waals surface area contributed by atoms with Crippen molar-refractivity contribution in [3.63, 3.8) is 0 Å². The Labute approximate surface area is 159 Å². The molecular formula is C22H22N2O3. The third kappa shape index (κ3) is 6.44. The Bertz CT molecular complexity index is 847. The SMILES string of the molecule is CCc1ccc([C@H](C)NC(=O)COC(=O)/C=C/c2ccc(C#N)cc2)cc1. The molecule has 2 aromatic carbocycles. The molecule has 0 aliphatic carbocycles. The van der Waals surface area contributed by atoms with Crippen molar-refractivity contribution in [1.82, 2.24) is 5.32 Å². The minimum Gasteiger partial charge on any atom is -0.452 e. The highest BCUT2D eigenvalue weighted by atomic mass is 16.5. The van der Waals surface area contributed by atoms with E-state index in [9.17, 15) is 9.59 Å². The minimum atomic E-state index is -0.602. The predicted octanol–water partition coefficient (Wildman–Crippen LogP) is 3.55. The van der Waals surface area contributed by atoms with Crippen LogP contribution in [-0.4, -0.2) is 18.5 Å². The normalized spacial score (nSPS) is 11.6. The Balaban J connectivity index is 1.78. The highest BCUT2D eigenvalue weighted by Crippen LogP contribution is 2.13. The summed E-state index contributed by atoms with van der Waals surface area (Å²) in [7, 11) is 0. The average molecular weight is 362 g/mol. The van der Waals surface area contributed by atoms with Crippen LogP contribution in [0.3, 0.4) is 0 Å². The number of ether oxygens (including phenoxy) is 1. The molecule has 5 heteroatoms. The van der Waals surface area contributed by atoms with E-state index in [-0.39, 0.29) is 18.6 Å². The maximum absolute atomic E-state index is 12.0. The molecule has 0 radical (unpaired) electrons. The summed E-state index contributed by atoms with van der Waals surface area (Å²) < 4.78 is 4.95. The lowest BCUT2D eigenvalue weighted by Gasteiger charge is -2.14. The van der Waals surface area contributed by atoms with Crippen LogP contribution in [0.15, 0.2) is 54.6 Å². The van der Waals surface area contributed by atoms with E-state index in [0.29, 0.717) is 5.56 Å². The molecule has 1 atom stereocenters. The lowest BCUT2D eigenvalue weighted by molar-refractivity contribution is -0.144. The van der Waals surface area contributed by atoms with Crippen molar-refractivity contribution in [2.45, 2.75) is 26.3 Å². The maximum atomic E-state index is 12.0. The molecule has 2 aromatic rings. The molecule has 0 aromatic heterocycles. The van der Waals surface area contributed by atoms with E-state index in [0.717, 1.165) is 17.5 Å². The number of aryl methyl sites for hydroxylation is 1. The number of rotatable bonds is 7.